The molecular formula is C10H11FN2O2. The van der Waals surface area contributed by atoms with Crippen LogP contribution in [-0.4, -0.2) is 18.3 Å². The smallest absolute Gasteiger partial charge is 0.265 e. The molecule has 0 aliphatic heterocycles. The van der Waals surface area contributed by atoms with Crippen molar-refractivity contribution in [2.24, 2.45) is 5.73 Å². The van der Waals surface area contributed by atoms with Gasteiger partial charge in [-0.2, -0.15) is 0 Å². The van der Waals surface area contributed by atoms with Crippen LogP contribution >= 0.6 is 0 Å². The van der Waals surface area contributed by atoms with Crippen molar-refractivity contribution in [1.29, 1.82) is 0 Å². The molecule has 0 amide bonds. The van der Waals surface area contributed by atoms with E-state index in [1.165, 1.54) is 6.07 Å². The number of ether oxygens (including phenoxy) is 1. The minimum atomic E-state index is -0.399. The van der Waals surface area contributed by atoms with Gasteiger partial charge in [-0.05, 0) is 23.7 Å². The summed E-state index contributed by atoms with van der Waals surface area (Å²) in [6.07, 6.45) is 0. The van der Waals surface area contributed by atoms with Crippen molar-refractivity contribution in [3.05, 3.63) is 23.5 Å². The van der Waals surface area contributed by atoms with E-state index in [0.29, 0.717) is 12.1 Å². The summed E-state index contributed by atoms with van der Waals surface area (Å²) in [6.45, 7) is 2.45. The molecule has 1 heterocycles. The van der Waals surface area contributed by atoms with E-state index >= 15 is 0 Å². The third kappa shape index (κ3) is 1.66. The Balaban J connectivity index is 2.53. The lowest BCUT2D eigenvalue weighted by molar-refractivity contribution is 0.292. The van der Waals surface area contributed by atoms with Crippen LogP contribution in [0.2, 0.25) is 0 Å². The maximum Gasteiger partial charge on any atom is 0.265 e. The monoisotopic (exact) mass is 210 g/mol. The molecule has 0 saturated carbocycles. The third-order valence-electron chi connectivity index (χ3n) is 2.09. The second-order valence-corrected chi connectivity index (χ2v) is 3.19. The summed E-state index contributed by atoms with van der Waals surface area (Å²) in [5.74, 6) is -0.236. The zero-order valence-corrected chi connectivity index (χ0v) is 8.29. The number of rotatable bonds is 3. The fraction of sp³-hybridized carbons (Fsp3) is 0.300. The van der Waals surface area contributed by atoms with Crippen LogP contribution in [0.4, 0.5) is 4.39 Å². The summed E-state index contributed by atoms with van der Waals surface area (Å²) in [7, 11) is 0. The van der Waals surface area contributed by atoms with E-state index in [-0.39, 0.29) is 17.9 Å². The number of aromatic nitrogens is 1. The standard InChI is InChI=1S/C10H11FN2O2/c1-6-2-3-7(11)8-9(6)15-13-10(8)14-5-4-12/h2-3H,4-5,12H2,1H3. The van der Waals surface area contributed by atoms with E-state index in [2.05, 4.69) is 5.16 Å². The first-order chi connectivity index (χ1) is 7.24. The van der Waals surface area contributed by atoms with E-state index in [0.717, 1.165) is 5.56 Å². The maximum atomic E-state index is 13.5. The molecule has 0 atom stereocenters. The highest BCUT2D eigenvalue weighted by molar-refractivity contribution is 5.85. The molecule has 0 spiro atoms. The Labute approximate surface area is 85.8 Å². The average Bonchev–Trinajstić information content (AvgIpc) is 2.65. The van der Waals surface area contributed by atoms with Crippen LogP contribution in [0.1, 0.15) is 5.56 Å². The second kappa shape index (κ2) is 3.86. The molecule has 0 unspecified atom stereocenters. The van der Waals surface area contributed by atoms with Gasteiger partial charge in [0.25, 0.3) is 5.88 Å². The molecule has 0 radical (unpaired) electrons. The lowest BCUT2D eigenvalue weighted by Crippen LogP contribution is -2.10. The minimum Gasteiger partial charge on any atom is -0.474 e. The Kier molecular flexibility index (Phi) is 2.55. The van der Waals surface area contributed by atoms with Crippen LogP contribution < -0.4 is 10.5 Å². The second-order valence-electron chi connectivity index (χ2n) is 3.19. The molecule has 0 saturated heterocycles. The Morgan fingerprint density at radius 1 is 1.53 bits per heavy atom. The first kappa shape index (κ1) is 9.92. The molecule has 2 N–H and O–H groups in total. The number of nitrogens with two attached hydrogens (primary N) is 1. The van der Waals surface area contributed by atoms with Crippen molar-refractivity contribution in [2.45, 2.75) is 6.92 Å². The van der Waals surface area contributed by atoms with Gasteiger partial charge in [0.15, 0.2) is 5.58 Å². The topological polar surface area (TPSA) is 61.3 Å². The quantitative estimate of drug-likeness (QED) is 0.836. The number of hydrogen-bond acceptors (Lipinski definition) is 4. The summed E-state index contributed by atoms with van der Waals surface area (Å²) in [5, 5.41) is 3.94. The molecule has 1 aromatic heterocycles. The third-order valence-corrected chi connectivity index (χ3v) is 2.09. The molecule has 4 nitrogen and oxygen atoms in total. The highest BCUT2D eigenvalue weighted by Gasteiger charge is 2.15. The predicted octanol–water partition coefficient (Wildman–Crippen LogP) is 1.61. The number of hydrogen-bond donors (Lipinski definition) is 1. The summed E-state index contributed by atoms with van der Waals surface area (Å²) in [6, 6.07) is 3.00. The highest BCUT2D eigenvalue weighted by atomic mass is 19.1. The summed E-state index contributed by atoms with van der Waals surface area (Å²) >= 11 is 0. The average molecular weight is 210 g/mol. The van der Waals surface area contributed by atoms with Gasteiger partial charge in [-0.1, -0.05) is 6.07 Å². The molecule has 0 aliphatic rings. The summed E-state index contributed by atoms with van der Waals surface area (Å²) < 4.78 is 23.7. The molecule has 15 heavy (non-hydrogen) atoms. The van der Waals surface area contributed by atoms with Crippen LogP contribution in [0.5, 0.6) is 5.88 Å². The first-order valence-corrected chi connectivity index (χ1v) is 4.61. The number of fused-ring (bicyclic) bond motifs is 1. The van der Waals surface area contributed by atoms with Gasteiger partial charge < -0.3 is 15.0 Å². The molecule has 0 bridgehead atoms. The van der Waals surface area contributed by atoms with Crippen molar-refractivity contribution >= 4 is 11.0 Å². The van der Waals surface area contributed by atoms with Gasteiger partial charge in [0.2, 0.25) is 0 Å². The highest BCUT2D eigenvalue weighted by Crippen LogP contribution is 2.29. The Morgan fingerprint density at radius 3 is 3.07 bits per heavy atom. The van der Waals surface area contributed by atoms with Crippen LogP contribution in [-0.2, 0) is 0 Å². The normalized spacial score (nSPS) is 10.9. The molecule has 0 fully saturated rings. The Hall–Kier alpha value is -1.62. The van der Waals surface area contributed by atoms with Gasteiger partial charge in [-0.25, -0.2) is 4.39 Å². The Bertz CT molecular complexity index is 481. The van der Waals surface area contributed by atoms with E-state index < -0.39 is 5.82 Å². The van der Waals surface area contributed by atoms with Gasteiger partial charge in [0, 0.05) is 6.54 Å². The van der Waals surface area contributed by atoms with Crippen molar-refractivity contribution in [3.63, 3.8) is 0 Å². The van der Waals surface area contributed by atoms with Gasteiger partial charge in [-0.3, -0.25) is 0 Å². The summed E-state index contributed by atoms with van der Waals surface area (Å²) in [4.78, 5) is 0. The molecule has 80 valence electrons. The zero-order chi connectivity index (χ0) is 10.8. The van der Waals surface area contributed by atoms with Gasteiger partial charge in [0.1, 0.15) is 17.8 Å². The first-order valence-electron chi connectivity index (χ1n) is 4.61. The molecule has 0 aliphatic carbocycles. The predicted molar refractivity (Wildman–Crippen MR) is 53.3 cm³/mol. The molecule has 1 aromatic carbocycles. The van der Waals surface area contributed by atoms with Gasteiger partial charge >= 0.3 is 0 Å². The number of aryl methyl sites for hydroxylation is 1. The van der Waals surface area contributed by atoms with Crippen LogP contribution in [0.15, 0.2) is 16.7 Å². The van der Waals surface area contributed by atoms with Gasteiger partial charge in [-0.15, -0.1) is 0 Å². The minimum absolute atomic E-state index is 0.164. The van der Waals surface area contributed by atoms with Crippen molar-refractivity contribution in [3.8, 4) is 5.88 Å². The Morgan fingerprint density at radius 2 is 2.33 bits per heavy atom. The van der Waals surface area contributed by atoms with Gasteiger partial charge in [0.05, 0.1) is 0 Å². The molecule has 2 aromatic rings. The van der Waals surface area contributed by atoms with Crippen LogP contribution in [0.3, 0.4) is 0 Å². The van der Waals surface area contributed by atoms with Crippen molar-refractivity contribution < 1.29 is 13.7 Å². The fourth-order valence-corrected chi connectivity index (χ4v) is 1.37. The molecule has 2 rings (SSSR count). The number of halogens is 1. The number of benzene rings is 1. The van der Waals surface area contributed by atoms with Crippen molar-refractivity contribution in [1.82, 2.24) is 5.16 Å². The lowest BCUT2D eigenvalue weighted by Gasteiger charge is -1.99. The largest absolute Gasteiger partial charge is 0.474 e. The SMILES string of the molecule is Cc1ccc(F)c2c(OCCN)noc12. The van der Waals surface area contributed by atoms with Crippen LogP contribution in [0, 0.1) is 12.7 Å². The van der Waals surface area contributed by atoms with E-state index in [9.17, 15) is 4.39 Å². The van der Waals surface area contributed by atoms with E-state index in [1.54, 1.807) is 6.07 Å². The van der Waals surface area contributed by atoms with Crippen molar-refractivity contribution in [2.75, 3.05) is 13.2 Å². The number of nitrogens with zero attached hydrogens (tertiary/aromatic N) is 1. The zero-order valence-electron chi connectivity index (χ0n) is 8.29. The summed E-state index contributed by atoms with van der Waals surface area (Å²) in [5.41, 5.74) is 6.52. The van der Waals surface area contributed by atoms with E-state index in [1.807, 2.05) is 6.92 Å². The lowest BCUT2D eigenvalue weighted by atomic mass is 10.2. The molecular weight excluding hydrogens is 199 g/mol. The van der Waals surface area contributed by atoms with E-state index in [4.69, 9.17) is 15.0 Å². The maximum absolute atomic E-state index is 13.5. The molecule has 5 heteroatoms. The van der Waals surface area contributed by atoms with Crippen LogP contribution in [0.25, 0.3) is 11.0 Å². The fourth-order valence-electron chi connectivity index (χ4n) is 1.37.